The second-order valence-corrected chi connectivity index (χ2v) is 6.62. The molecular weight excluding hydrogens is 370 g/mol. The molecule has 0 aliphatic carbocycles. The van der Waals surface area contributed by atoms with Crippen LogP contribution in [0.4, 0.5) is 11.5 Å². The number of benzene rings is 2. The predicted octanol–water partition coefficient (Wildman–Crippen LogP) is 3.75. The van der Waals surface area contributed by atoms with Gasteiger partial charge in [-0.3, -0.25) is 4.79 Å². The number of carbonyl (C=O) groups excluding carboxylic acids is 1. The van der Waals surface area contributed by atoms with Crippen LogP contribution in [0.15, 0.2) is 60.8 Å². The Kier molecular flexibility index (Phi) is 5.47. The van der Waals surface area contributed by atoms with Crippen molar-refractivity contribution >= 4 is 17.4 Å². The number of ether oxygens (including phenoxy) is 3. The van der Waals surface area contributed by atoms with E-state index in [-0.39, 0.29) is 19.3 Å². The Balaban J connectivity index is 1.25. The number of aromatic nitrogens is 1. The topological polar surface area (TPSA) is 81.7 Å². The zero-order valence-corrected chi connectivity index (χ0v) is 16.0. The maximum atomic E-state index is 12.0. The fourth-order valence-corrected chi connectivity index (χ4v) is 2.80. The molecule has 4 rings (SSSR count). The fraction of sp³-hybridized carbons (Fsp3) is 0.182. The number of carbonyl (C=O) groups is 1. The molecule has 0 radical (unpaired) electrons. The highest BCUT2D eigenvalue weighted by Gasteiger charge is 2.13. The third-order valence-electron chi connectivity index (χ3n) is 4.35. The molecule has 7 nitrogen and oxygen atoms in total. The van der Waals surface area contributed by atoms with Gasteiger partial charge in [0.25, 0.3) is 5.91 Å². The van der Waals surface area contributed by atoms with Crippen molar-refractivity contribution in [3.63, 3.8) is 0 Å². The standard InChI is InChI=1S/C22H21N3O4/c1-15-2-6-18(7-3-15)27-13-22(26)25-17-5-9-21(24-12-17)23-11-16-4-8-19-20(10-16)29-14-28-19/h2-10,12H,11,13-14H2,1H3,(H,23,24)(H,25,26). The average Bonchev–Trinajstić information content (AvgIpc) is 3.21. The molecular formula is C22H21N3O4. The van der Waals surface area contributed by atoms with Crippen LogP contribution in [-0.2, 0) is 11.3 Å². The van der Waals surface area contributed by atoms with Crippen molar-refractivity contribution in [1.82, 2.24) is 4.98 Å². The molecule has 1 aromatic heterocycles. The number of aryl methyl sites for hydroxylation is 1. The van der Waals surface area contributed by atoms with Gasteiger partial charge < -0.3 is 24.8 Å². The minimum absolute atomic E-state index is 0.0623. The van der Waals surface area contributed by atoms with Gasteiger partial charge in [-0.15, -0.1) is 0 Å². The predicted molar refractivity (Wildman–Crippen MR) is 109 cm³/mol. The Morgan fingerprint density at radius 3 is 2.69 bits per heavy atom. The molecule has 2 aromatic carbocycles. The van der Waals surface area contributed by atoms with E-state index < -0.39 is 0 Å². The van der Waals surface area contributed by atoms with E-state index in [1.165, 1.54) is 0 Å². The maximum Gasteiger partial charge on any atom is 0.262 e. The molecule has 2 N–H and O–H groups in total. The summed E-state index contributed by atoms with van der Waals surface area (Å²) in [5.74, 6) is 2.64. The van der Waals surface area contributed by atoms with Crippen LogP contribution in [0, 0.1) is 6.92 Å². The number of nitrogens with zero attached hydrogens (tertiary/aromatic N) is 1. The first-order valence-electron chi connectivity index (χ1n) is 9.23. The van der Waals surface area contributed by atoms with E-state index in [0.29, 0.717) is 23.8 Å². The molecule has 7 heteroatoms. The first kappa shape index (κ1) is 18.6. The summed E-state index contributed by atoms with van der Waals surface area (Å²) in [6.45, 7) is 2.79. The Bertz CT molecular complexity index is 988. The lowest BCUT2D eigenvalue weighted by atomic mass is 10.2. The summed E-state index contributed by atoms with van der Waals surface area (Å²) in [6.07, 6.45) is 1.60. The fourth-order valence-electron chi connectivity index (χ4n) is 2.80. The number of anilines is 2. The van der Waals surface area contributed by atoms with Gasteiger partial charge in [-0.05, 0) is 48.9 Å². The Labute approximate surface area is 168 Å². The van der Waals surface area contributed by atoms with Crippen molar-refractivity contribution in [3.05, 3.63) is 71.9 Å². The zero-order valence-electron chi connectivity index (χ0n) is 16.0. The molecule has 1 amide bonds. The van der Waals surface area contributed by atoms with E-state index in [0.717, 1.165) is 22.6 Å². The summed E-state index contributed by atoms with van der Waals surface area (Å²) < 4.78 is 16.2. The van der Waals surface area contributed by atoms with Crippen LogP contribution in [0.5, 0.6) is 17.2 Å². The quantitative estimate of drug-likeness (QED) is 0.638. The van der Waals surface area contributed by atoms with Gasteiger partial charge in [-0.1, -0.05) is 23.8 Å². The van der Waals surface area contributed by atoms with Crippen molar-refractivity contribution in [2.24, 2.45) is 0 Å². The monoisotopic (exact) mass is 391 g/mol. The number of hydrogen-bond donors (Lipinski definition) is 2. The van der Waals surface area contributed by atoms with Crippen LogP contribution < -0.4 is 24.8 Å². The molecule has 2 heterocycles. The van der Waals surface area contributed by atoms with Gasteiger partial charge >= 0.3 is 0 Å². The molecule has 0 saturated heterocycles. The van der Waals surface area contributed by atoms with Crippen LogP contribution in [-0.4, -0.2) is 24.3 Å². The third-order valence-corrected chi connectivity index (χ3v) is 4.35. The highest BCUT2D eigenvalue weighted by molar-refractivity contribution is 5.91. The SMILES string of the molecule is Cc1ccc(OCC(=O)Nc2ccc(NCc3ccc4c(c3)OCO4)nc2)cc1. The summed E-state index contributed by atoms with van der Waals surface area (Å²) in [5.41, 5.74) is 2.80. The van der Waals surface area contributed by atoms with Crippen molar-refractivity contribution in [3.8, 4) is 17.2 Å². The summed E-state index contributed by atoms with van der Waals surface area (Å²) in [4.78, 5) is 16.4. The van der Waals surface area contributed by atoms with Gasteiger partial charge in [0.15, 0.2) is 18.1 Å². The minimum atomic E-state index is -0.242. The lowest BCUT2D eigenvalue weighted by Gasteiger charge is -2.09. The zero-order chi connectivity index (χ0) is 20.1. The molecule has 0 bridgehead atoms. The summed E-state index contributed by atoms with van der Waals surface area (Å²) in [6, 6.07) is 17.0. The average molecular weight is 391 g/mol. The summed E-state index contributed by atoms with van der Waals surface area (Å²) in [7, 11) is 0. The molecule has 0 fully saturated rings. The number of amides is 1. The summed E-state index contributed by atoms with van der Waals surface area (Å²) >= 11 is 0. The highest BCUT2D eigenvalue weighted by atomic mass is 16.7. The van der Waals surface area contributed by atoms with Crippen LogP contribution in [0.3, 0.4) is 0 Å². The van der Waals surface area contributed by atoms with Crippen molar-refractivity contribution in [2.75, 3.05) is 24.0 Å². The molecule has 0 atom stereocenters. The van der Waals surface area contributed by atoms with Gasteiger partial charge in [0.1, 0.15) is 11.6 Å². The van der Waals surface area contributed by atoms with E-state index >= 15 is 0 Å². The molecule has 1 aliphatic rings. The van der Waals surface area contributed by atoms with Gasteiger partial charge in [0, 0.05) is 6.54 Å². The second kappa shape index (κ2) is 8.52. The second-order valence-electron chi connectivity index (χ2n) is 6.62. The number of pyridine rings is 1. The van der Waals surface area contributed by atoms with Gasteiger partial charge in [0.05, 0.1) is 11.9 Å². The Morgan fingerprint density at radius 1 is 1.07 bits per heavy atom. The van der Waals surface area contributed by atoms with Gasteiger partial charge in [-0.25, -0.2) is 4.98 Å². The van der Waals surface area contributed by atoms with Crippen molar-refractivity contribution in [1.29, 1.82) is 0 Å². The number of fused-ring (bicyclic) bond motifs is 1. The smallest absolute Gasteiger partial charge is 0.262 e. The van der Waals surface area contributed by atoms with E-state index in [1.54, 1.807) is 12.3 Å². The third kappa shape index (κ3) is 4.95. The first-order valence-corrected chi connectivity index (χ1v) is 9.23. The molecule has 1 aliphatic heterocycles. The largest absolute Gasteiger partial charge is 0.484 e. The number of hydrogen-bond acceptors (Lipinski definition) is 6. The number of rotatable bonds is 7. The van der Waals surface area contributed by atoms with E-state index in [2.05, 4.69) is 15.6 Å². The summed E-state index contributed by atoms with van der Waals surface area (Å²) in [5, 5.41) is 6.01. The molecule has 148 valence electrons. The van der Waals surface area contributed by atoms with Crippen LogP contribution in [0.2, 0.25) is 0 Å². The van der Waals surface area contributed by atoms with E-state index in [1.807, 2.05) is 55.5 Å². The van der Waals surface area contributed by atoms with Crippen LogP contribution in [0.25, 0.3) is 0 Å². The lowest BCUT2D eigenvalue weighted by Crippen LogP contribution is -2.20. The van der Waals surface area contributed by atoms with Crippen LogP contribution >= 0.6 is 0 Å². The molecule has 0 unspecified atom stereocenters. The molecule has 0 spiro atoms. The number of nitrogens with one attached hydrogen (secondary N) is 2. The van der Waals surface area contributed by atoms with Gasteiger partial charge in [-0.2, -0.15) is 0 Å². The molecule has 0 saturated carbocycles. The van der Waals surface area contributed by atoms with Gasteiger partial charge in [0.2, 0.25) is 6.79 Å². The van der Waals surface area contributed by atoms with Crippen LogP contribution in [0.1, 0.15) is 11.1 Å². The normalized spacial score (nSPS) is 11.8. The van der Waals surface area contributed by atoms with Crippen molar-refractivity contribution in [2.45, 2.75) is 13.5 Å². The Morgan fingerprint density at radius 2 is 1.90 bits per heavy atom. The van der Waals surface area contributed by atoms with E-state index in [4.69, 9.17) is 14.2 Å². The van der Waals surface area contributed by atoms with E-state index in [9.17, 15) is 4.79 Å². The molecule has 29 heavy (non-hydrogen) atoms. The maximum absolute atomic E-state index is 12.0. The Hall–Kier alpha value is -3.74. The van der Waals surface area contributed by atoms with Crippen molar-refractivity contribution < 1.29 is 19.0 Å². The first-order chi connectivity index (χ1) is 14.2. The highest BCUT2D eigenvalue weighted by Crippen LogP contribution is 2.32. The minimum Gasteiger partial charge on any atom is -0.484 e. The lowest BCUT2D eigenvalue weighted by molar-refractivity contribution is -0.118. The molecule has 3 aromatic rings.